The van der Waals surface area contributed by atoms with Crippen molar-refractivity contribution >= 4 is 11.0 Å². The molecule has 0 saturated carbocycles. The van der Waals surface area contributed by atoms with E-state index in [4.69, 9.17) is 15.2 Å². The zero-order chi connectivity index (χ0) is 17.3. The van der Waals surface area contributed by atoms with Crippen LogP contribution >= 0.6 is 0 Å². The molecule has 1 heterocycles. The van der Waals surface area contributed by atoms with E-state index >= 15 is 0 Å². The number of nitrogens with two attached hydrogens (primary N) is 1. The summed E-state index contributed by atoms with van der Waals surface area (Å²) in [7, 11) is 3.15. The molecule has 24 heavy (non-hydrogen) atoms. The van der Waals surface area contributed by atoms with Gasteiger partial charge in [0.05, 0.1) is 37.8 Å². The minimum atomic E-state index is -0.291. The lowest BCUT2D eigenvalue weighted by atomic mass is 10.2. The highest BCUT2D eigenvalue weighted by atomic mass is 19.1. The summed E-state index contributed by atoms with van der Waals surface area (Å²) >= 11 is 0. The molecule has 2 N–H and O–H groups in total. The second kappa shape index (κ2) is 6.49. The Morgan fingerprint density at radius 3 is 2.46 bits per heavy atom. The van der Waals surface area contributed by atoms with Crippen molar-refractivity contribution in [2.24, 2.45) is 5.73 Å². The van der Waals surface area contributed by atoms with Crippen molar-refractivity contribution in [3.63, 3.8) is 0 Å². The van der Waals surface area contributed by atoms with E-state index in [-0.39, 0.29) is 11.9 Å². The Hall–Kier alpha value is -2.60. The first-order valence-electron chi connectivity index (χ1n) is 7.66. The molecule has 0 radical (unpaired) electrons. The predicted molar refractivity (Wildman–Crippen MR) is 90.9 cm³/mol. The molecule has 1 atom stereocenters. The van der Waals surface area contributed by atoms with Crippen molar-refractivity contribution in [3.05, 3.63) is 53.6 Å². The van der Waals surface area contributed by atoms with Crippen LogP contribution in [-0.2, 0) is 6.54 Å². The van der Waals surface area contributed by atoms with E-state index in [0.717, 1.165) is 11.0 Å². The number of imidazole rings is 1. The molecule has 5 nitrogen and oxygen atoms in total. The van der Waals surface area contributed by atoms with Gasteiger partial charge in [-0.05, 0) is 13.0 Å². The fourth-order valence-corrected chi connectivity index (χ4v) is 2.78. The number of ether oxygens (including phenoxy) is 2. The maximum atomic E-state index is 14.1. The molecule has 0 saturated heterocycles. The zero-order valence-electron chi connectivity index (χ0n) is 13.9. The van der Waals surface area contributed by atoms with Crippen molar-refractivity contribution in [3.8, 4) is 11.5 Å². The van der Waals surface area contributed by atoms with Gasteiger partial charge in [-0.1, -0.05) is 18.2 Å². The van der Waals surface area contributed by atoms with E-state index in [9.17, 15) is 4.39 Å². The summed E-state index contributed by atoms with van der Waals surface area (Å²) < 4.78 is 26.7. The molecule has 0 amide bonds. The molecule has 0 fully saturated rings. The molecule has 0 spiro atoms. The predicted octanol–water partition coefficient (Wildman–Crippen LogP) is 3.26. The highest BCUT2D eigenvalue weighted by molar-refractivity contribution is 5.81. The smallest absolute Gasteiger partial charge is 0.163 e. The summed E-state index contributed by atoms with van der Waals surface area (Å²) in [6.45, 7) is 2.20. The molecular formula is C18H20FN3O2. The largest absolute Gasteiger partial charge is 0.493 e. The maximum absolute atomic E-state index is 14.1. The second-order valence-corrected chi connectivity index (χ2v) is 5.63. The molecule has 1 aromatic heterocycles. The minimum Gasteiger partial charge on any atom is -0.493 e. The number of hydrogen-bond donors (Lipinski definition) is 1. The van der Waals surface area contributed by atoms with Crippen molar-refractivity contribution in [1.82, 2.24) is 9.55 Å². The fraction of sp³-hybridized carbons (Fsp3) is 0.278. The molecule has 6 heteroatoms. The number of methoxy groups -OCH3 is 2. The first kappa shape index (κ1) is 16.3. The van der Waals surface area contributed by atoms with Gasteiger partial charge in [0.25, 0.3) is 0 Å². The minimum absolute atomic E-state index is 0.254. The Morgan fingerprint density at radius 1 is 1.17 bits per heavy atom. The number of hydrogen-bond acceptors (Lipinski definition) is 4. The van der Waals surface area contributed by atoms with Crippen LogP contribution in [0.15, 0.2) is 36.4 Å². The van der Waals surface area contributed by atoms with E-state index in [1.165, 1.54) is 6.07 Å². The molecule has 0 aliphatic rings. The lowest BCUT2D eigenvalue weighted by Gasteiger charge is -2.13. The topological polar surface area (TPSA) is 62.3 Å². The van der Waals surface area contributed by atoms with Crippen LogP contribution in [-0.4, -0.2) is 23.8 Å². The van der Waals surface area contributed by atoms with Gasteiger partial charge in [-0.25, -0.2) is 9.37 Å². The standard InChI is InChI=1S/C18H20FN3O2/c1-11(20)18-21-14-8-16(23-2)17(24-3)9-15(14)22(18)10-12-6-4-5-7-13(12)19/h4-9,11H,10,20H2,1-3H3. The van der Waals surface area contributed by atoms with Crippen molar-refractivity contribution in [2.45, 2.75) is 19.5 Å². The van der Waals surface area contributed by atoms with Crippen LogP contribution in [0.5, 0.6) is 11.5 Å². The third-order valence-electron chi connectivity index (χ3n) is 3.98. The van der Waals surface area contributed by atoms with Gasteiger partial charge < -0.3 is 19.8 Å². The summed E-state index contributed by atoms with van der Waals surface area (Å²) in [5, 5.41) is 0. The van der Waals surface area contributed by atoms with E-state index in [0.29, 0.717) is 29.4 Å². The van der Waals surface area contributed by atoms with Crippen molar-refractivity contribution in [2.75, 3.05) is 14.2 Å². The van der Waals surface area contributed by atoms with Crippen LogP contribution in [0, 0.1) is 5.82 Å². The van der Waals surface area contributed by atoms with Crippen LogP contribution in [0.25, 0.3) is 11.0 Å². The lowest BCUT2D eigenvalue weighted by molar-refractivity contribution is 0.355. The lowest BCUT2D eigenvalue weighted by Crippen LogP contribution is -2.14. The van der Waals surface area contributed by atoms with Gasteiger partial charge in [-0.2, -0.15) is 0 Å². The van der Waals surface area contributed by atoms with Gasteiger partial charge in [0.2, 0.25) is 0 Å². The molecule has 126 valence electrons. The van der Waals surface area contributed by atoms with Crippen LogP contribution in [0.4, 0.5) is 4.39 Å². The summed E-state index contributed by atoms with van der Waals surface area (Å²) in [5.41, 5.74) is 8.20. The number of rotatable bonds is 5. The molecule has 3 rings (SSSR count). The number of nitrogens with zero attached hydrogens (tertiary/aromatic N) is 2. The second-order valence-electron chi connectivity index (χ2n) is 5.63. The average molecular weight is 329 g/mol. The number of fused-ring (bicyclic) bond motifs is 1. The number of halogens is 1. The molecule has 2 aromatic carbocycles. The highest BCUT2D eigenvalue weighted by Crippen LogP contribution is 2.33. The highest BCUT2D eigenvalue weighted by Gasteiger charge is 2.18. The quantitative estimate of drug-likeness (QED) is 0.780. The molecule has 0 aliphatic heterocycles. The first-order valence-corrected chi connectivity index (χ1v) is 7.66. The van der Waals surface area contributed by atoms with Crippen molar-refractivity contribution in [1.29, 1.82) is 0 Å². The van der Waals surface area contributed by atoms with Gasteiger partial charge >= 0.3 is 0 Å². The first-order chi connectivity index (χ1) is 11.5. The van der Waals surface area contributed by atoms with Gasteiger partial charge in [0, 0.05) is 17.7 Å². The Kier molecular flexibility index (Phi) is 4.40. The van der Waals surface area contributed by atoms with E-state index < -0.39 is 0 Å². The Balaban J connectivity index is 2.20. The molecule has 0 bridgehead atoms. The third-order valence-corrected chi connectivity index (χ3v) is 3.98. The Labute approximate surface area is 139 Å². The van der Waals surface area contributed by atoms with Crippen molar-refractivity contribution < 1.29 is 13.9 Å². The summed E-state index contributed by atoms with van der Waals surface area (Å²) in [5.74, 6) is 1.62. The Bertz CT molecular complexity index is 874. The van der Waals surface area contributed by atoms with Crippen LogP contribution in [0.1, 0.15) is 24.4 Å². The summed E-state index contributed by atoms with van der Waals surface area (Å²) in [4.78, 5) is 4.60. The maximum Gasteiger partial charge on any atom is 0.163 e. The fourth-order valence-electron chi connectivity index (χ4n) is 2.78. The van der Waals surface area contributed by atoms with Crippen LogP contribution < -0.4 is 15.2 Å². The molecule has 1 unspecified atom stereocenters. The monoisotopic (exact) mass is 329 g/mol. The normalized spacial score (nSPS) is 12.4. The van der Waals surface area contributed by atoms with Crippen LogP contribution in [0.2, 0.25) is 0 Å². The molecule has 0 aliphatic carbocycles. The average Bonchev–Trinajstić information content (AvgIpc) is 2.93. The number of aromatic nitrogens is 2. The molecule has 3 aromatic rings. The van der Waals surface area contributed by atoms with Gasteiger partial charge in [-0.3, -0.25) is 0 Å². The molecular weight excluding hydrogens is 309 g/mol. The zero-order valence-corrected chi connectivity index (χ0v) is 13.9. The summed E-state index contributed by atoms with van der Waals surface area (Å²) in [6, 6.07) is 10.0. The van der Waals surface area contributed by atoms with Crippen LogP contribution in [0.3, 0.4) is 0 Å². The number of benzene rings is 2. The van der Waals surface area contributed by atoms with E-state index in [1.807, 2.05) is 23.6 Å². The van der Waals surface area contributed by atoms with E-state index in [2.05, 4.69) is 4.98 Å². The summed E-state index contributed by atoms with van der Waals surface area (Å²) in [6.07, 6.45) is 0. The third kappa shape index (κ3) is 2.80. The van der Waals surface area contributed by atoms with Gasteiger partial charge in [0.1, 0.15) is 11.6 Å². The van der Waals surface area contributed by atoms with E-state index in [1.54, 1.807) is 32.4 Å². The SMILES string of the molecule is COc1cc2nc(C(C)N)n(Cc3ccccc3F)c2cc1OC. The van der Waals surface area contributed by atoms with Gasteiger partial charge in [0.15, 0.2) is 11.5 Å². The van der Waals surface area contributed by atoms with Gasteiger partial charge in [-0.15, -0.1) is 0 Å². The Morgan fingerprint density at radius 2 is 1.83 bits per heavy atom.